The maximum absolute atomic E-state index is 10.4. The Kier molecular flexibility index (Phi) is 7.77. The summed E-state index contributed by atoms with van der Waals surface area (Å²) in [5.74, 6) is -1.34. The predicted octanol–water partition coefficient (Wildman–Crippen LogP) is -1.16. The highest BCUT2D eigenvalue weighted by molar-refractivity contribution is 5.70. The lowest BCUT2D eigenvalue weighted by Gasteiger charge is -2.03. The highest BCUT2D eigenvalue weighted by Gasteiger charge is 2.00. The van der Waals surface area contributed by atoms with Crippen molar-refractivity contribution in [3.8, 4) is 0 Å². The van der Waals surface area contributed by atoms with Gasteiger partial charge in [-0.2, -0.15) is 0 Å². The van der Waals surface area contributed by atoms with Crippen LogP contribution in [-0.2, 0) is 19.1 Å². The van der Waals surface area contributed by atoms with Crippen molar-refractivity contribution in [2.24, 2.45) is 0 Å². The minimum Gasteiger partial charge on any atom is -0.464 e. The second-order valence-corrected chi connectivity index (χ2v) is 2.46. The van der Waals surface area contributed by atoms with Gasteiger partial charge in [0.2, 0.25) is 0 Å². The van der Waals surface area contributed by atoms with Crippen LogP contribution in [0.1, 0.15) is 12.8 Å². The fourth-order valence-electron chi connectivity index (χ4n) is 0.667. The van der Waals surface area contributed by atoms with E-state index in [9.17, 15) is 9.59 Å². The molecule has 0 fully saturated rings. The van der Waals surface area contributed by atoms with Crippen LogP contribution < -0.4 is 0 Å². The first kappa shape index (κ1) is 12.9. The fraction of sp³-hybridized carbons (Fsp3) is 0.750. The van der Waals surface area contributed by atoms with Gasteiger partial charge in [-0.3, -0.25) is 0 Å². The molecule has 0 amide bonds. The maximum atomic E-state index is 10.4. The lowest BCUT2D eigenvalue weighted by atomic mass is 10.3. The first-order valence-corrected chi connectivity index (χ1v) is 4.23. The average molecular weight is 206 g/mol. The topological polar surface area (TPSA) is 93.1 Å². The molecule has 0 saturated heterocycles. The lowest BCUT2D eigenvalue weighted by Crippen LogP contribution is -2.12. The van der Waals surface area contributed by atoms with E-state index in [4.69, 9.17) is 10.2 Å². The highest BCUT2D eigenvalue weighted by atomic mass is 16.5. The molecule has 14 heavy (non-hydrogen) atoms. The molecule has 0 saturated carbocycles. The van der Waals surface area contributed by atoms with E-state index in [1.807, 2.05) is 0 Å². The molecule has 6 nitrogen and oxygen atoms in total. The largest absolute Gasteiger partial charge is 0.464 e. The SMILES string of the molecule is O=C(CO)OCCCCOC(=O)CO. The number of carbonyl (C=O) groups is 2. The van der Waals surface area contributed by atoms with Gasteiger partial charge in [-0.25, -0.2) is 9.59 Å². The standard InChI is InChI=1S/C8H14O6/c9-5-7(11)13-3-1-2-4-14-8(12)6-10/h9-10H,1-6H2. The van der Waals surface area contributed by atoms with Gasteiger partial charge in [-0.1, -0.05) is 0 Å². The molecule has 0 heterocycles. The van der Waals surface area contributed by atoms with Crippen molar-refractivity contribution >= 4 is 11.9 Å². The summed E-state index contributed by atoms with van der Waals surface area (Å²) in [4.78, 5) is 20.8. The maximum Gasteiger partial charge on any atom is 0.331 e. The van der Waals surface area contributed by atoms with Gasteiger partial charge >= 0.3 is 11.9 Å². The third kappa shape index (κ3) is 7.51. The summed E-state index contributed by atoms with van der Waals surface area (Å²) in [6.07, 6.45) is 1.09. The minimum atomic E-state index is -0.669. The Morgan fingerprint density at radius 2 is 1.21 bits per heavy atom. The number of hydrogen-bond acceptors (Lipinski definition) is 6. The van der Waals surface area contributed by atoms with Crippen molar-refractivity contribution in [1.29, 1.82) is 0 Å². The van der Waals surface area contributed by atoms with E-state index in [1.165, 1.54) is 0 Å². The molecule has 2 N–H and O–H groups in total. The predicted molar refractivity (Wildman–Crippen MR) is 45.3 cm³/mol. The van der Waals surface area contributed by atoms with Gasteiger partial charge < -0.3 is 19.7 Å². The van der Waals surface area contributed by atoms with E-state index in [0.29, 0.717) is 12.8 Å². The number of aliphatic hydroxyl groups is 2. The summed E-state index contributed by atoms with van der Waals surface area (Å²) >= 11 is 0. The van der Waals surface area contributed by atoms with Gasteiger partial charge in [-0.05, 0) is 12.8 Å². The average Bonchev–Trinajstić information content (AvgIpc) is 2.22. The van der Waals surface area contributed by atoms with Crippen LogP contribution in [0, 0.1) is 0 Å². The summed E-state index contributed by atoms with van der Waals surface area (Å²) in [7, 11) is 0. The molecule has 0 aliphatic heterocycles. The fourth-order valence-corrected chi connectivity index (χ4v) is 0.667. The van der Waals surface area contributed by atoms with Crippen molar-refractivity contribution < 1.29 is 29.3 Å². The summed E-state index contributed by atoms with van der Waals surface area (Å²) in [5.41, 5.74) is 0. The van der Waals surface area contributed by atoms with Gasteiger partial charge in [0.25, 0.3) is 0 Å². The van der Waals surface area contributed by atoms with E-state index in [-0.39, 0.29) is 13.2 Å². The van der Waals surface area contributed by atoms with Crippen molar-refractivity contribution in [2.75, 3.05) is 26.4 Å². The van der Waals surface area contributed by atoms with Crippen LogP contribution in [0.5, 0.6) is 0 Å². The van der Waals surface area contributed by atoms with E-state index < -0.39 is 25.2 Å². The molecule has 0 aliphatic carbocycles. The van der Waals surface area contributed by atoms with Crippen LogP contribution in [0.15, 0.2) is 0 Å². The first-order valence-electron chi connectivity index (χ1n) is 4.23. The Balaban J connectivity index is 3.14. The van der Waals surface area contributed by atoms with Crippen molar-refractivity contribution in [3.05, 3.63) is 0 Å². The summed E-state index contributed by atoms with van der Waals surface area (Å²) in [6, 6.07) is 0. The first-order chi connectivity index (χ1) is 6.70. The highest BCUT2D eigenvalue weighted by Crippen LogP contribution is 1.92. The van der Waals surface area contributed by atoms with Crippen LogP contribution >= 0.6 is 0 Å². The molecule has 6 heteroatoms. The molecule has 0 aromatic heterocycles. The molecule has 0 atom stereocenters. The Labute approximate surface area is 81.4 Å². The molecule has 0 radical (unpaired) electrons. The lowest BCUT2D eigenvalue weighted by molar-refractivity contribution is -0.149. The normalized spacial score (nSPS) is 9.57. The Hall–Kier alpha value is -1.14. The number of hydrogen-bond donors (Lipinski definition) is 2. The Morgan fingerprint density at radius 1 is 0.857 bits per heavy atom. The molecule has 0 unspecified atom stereocenters. The monoisotopic (exact) mass is 206 g/mol. The number of esters is 2. The van der Waals surface area contributed by atoms with Gasteiger partial charge in [0, 0.05) is 0 Å². The van der Waals surface area contributed by atoms with Crippen LogP contribution in [0.4, 0.5) is 0 Å². The van der Waals surface area contributed by atoms with E-state index in [2.05, 4.69) is 9.47 Å². The minimum absolute atomic E-state index is 0.191. The number of ether oxygens (including phenoxy) is 2. The third-order valence-electron chi connectivity index (χ3n) is 1.32. The zero-order chi connectivity index (χ0) is 10.8. The van der Waals surface area contributed by atoms with Gasteiger partial charge in [0.1, 0.15) is 13.2 Å². The van der Waals surface area contributed by atoms with Crippen molar-refractivity contribution in [2.45, 2.75) is 12.8 Å². The van der Waals surface area contributed by atoms with E-state index >= 15 is 0 Å². The molecule has 82 valence electrons. The molecule has 0 rings (SSSR count). The van der Waals surface area contributed by atoms with Crippen LogP contribution in [0.2, 0.25) is 0 Å². The zero-order valence-electron chi connectivity index (χ0n) is 7.77. The molecule has 0 aliphatic rings. The summed E-state index contributed by atoms with van der Waals surface area (Å²) in [5, 5.41) is 16.5. The summed E-state index contributed by atoms with van der Waals surface area (Å²) < 4.78 is 9.09. The van der Waals surface area contributed by atoms with Crippen LogP contribution in [-0.4, -0.2) is 48.6 Å². The quantitative estimate of drug-likeness (QED) is 0.403. The van der Waals surface area contributed by atoms with Crippen LogP contribution in [0.3, 0.4) is 0 Å². The Morgan fingerprint density at radius 3 is 1.50 bits per heavy atom. The van der Waals surface area contributed by atoms with E-state index in [0.717, 1.165) is 0 Å². The van der Waals surface area contributed by atoms with Gasteiger partial charge in [0.05, 0.1) is 13.2 Å². The molecule has 0 bridgehead atoms. The number of carbonyl (C=O) groups excluding carboxylic acids is 2. The smallest absolute Gasteiger partial charge is 0.331 e. The van der Waals surface area contributed by atoms with Crippen LogP contribution in [0.25, 0.3) is 0 Å². The number of aliphatic hydroxyl groups excluding tert-OH is 2. The second-order valence-electron chi connectivity index (χ2n) is 2.46. The molecular weight excluding hydrogens is 192 g/mol. The Bertz CT molecular complexity index is 159. The molecule has 0 spiro atoms. The van der Waals surface area contributed by atoms with Gasteiger partial charge in [-0.15, -0.1) is 0 Å². The van der Waals surface area contributed by atoms with Gasteiger partial charge in [0.15, 0.2) is 0 Å². The molecule has 0 aromatic carbocycles. The van der Waals surface area contributed by atoms with Crippen molar-refractivity contribution in [3.63, 3.8) is 0 Å². The second kappa shape index (κ2) is 8.46. The number of unbranched alkanes of at least 4 members (excludes halogenated alkanes) is 1. The third-order valence-corrected chi connectivity index (χ3v) is 1.32. The molecule has 0 aromatic rings. The summed E-state index contributed by atoms with van der Waals surface area (Å²) in [6.45, 7) is -0.870. The molecular formula is C8H14O6. The van der Waals surface area contributed by atoms with E-state index in [1.54, 1.807) is 0 Å². The number of rotatable bonds is 7. The van der Waals surface area contributed by atoms with Crippen molar-refractivity contribution in [1.82, 2.24) is 0 Å². The zero-order valence-corrected chi connectivity index (χ0v) is 7.77.